The number of azide groups is 1. The zero-order valence-corrected chi connectivity index (χ0v) is 6.74. The third-order valence-corrected chi connectivity index (χ3v) is 1.30. The molecule has 0 fully saturated rings. The highest BCUT2D eigenvalue weighted by atomic mass is 16.1. The Hall–Kier alpha value is -1.28. The third kappa shape index (κ3) is 5.18. The van der Waals surface area contributed by atoms with E-state index in [4.69, 9.17) is 5.53 Å². The van der Waals surface area contributed by atoms with Gasteiger partial charge < -0.3 is 0 Å². The van der Waals surface area contributed by atoms with Crippen molar-refractivity contribution < 1.29 is 4.79 Å². The molecule has 0 aliphatic carbocycles. The number of rotatable bonds is 4. The summed E-state index contributed by atoms with van der Waals surface area (Å²) in [5.41, 5.74) is 8.63. The predicted octanol–water partition coefficient (Wildman–Crippen LogP) is 2.22. The fourth-order valence-corrected chi connectivity index (χ4v) is 0.527. The number of hydrogen-bond donors (Lipinski definition) is 0. The fraction of sp³-hybridized carbons (Fsp3) is 0.571. The van der Waals surface area contributed by atoms with Gasteiger partial charge >= 0.3 is 0 Å². The normalized spacial score (nSPS) is 10.5. The van der Waals surface area contributed by atoms with Crippen LogP contribution in [0.1, 0.15) is 20.3 Å². The summed E-state index contributed by atoms with van der Waals surface area (Å²) in [6.07, 6.45) is 2.41. The van der Waals surface area contributed by atoms with Gasteiger partial charge in [-0.05, 0) is 31.4 Å². The van der Waals surface area contributed by atoms with E-state index >= 15 is 0 Å². The molecule has 11 heavy (non-hydrogen) atoms. The molecular weight excluding hydrogens is 142 g/mol. The number of Topliss-reactive ketones (excluding diaryl/α,β-unsaturated/α-hetero) is 1. The molecule has 4 nitrogen and oxygen atoms in total. The van der Waals surface area contributed by atoms with Crippen molar-refractivity contribution in [3.63, 3.8) is 0 Å². The van der Waals surface area contributed by atoms with Gasteiger partial charge in [-0.1, -0.05) is 11.2 Å². The van der Waals surface area contributed by atoms with Crippen LogP contribution in [0.2, 0.25) is 0 Å². The minimum absolute atomic E-state index is 0.0611. The highest BCUT2D eigenvalue weighted by molar-refractivity contribution is 5.92. The molecule has 0 N–H and O–H groups in total. The Labute approximate surface area is 65.5 Å². The number of nitrogens with zero attached hydrogens (tertiary/aromatic N) is 3. The Morgan fingerprint density at radius 1 is 1.64 bits per heavy atom. The van der Waals surface area contributed by atoms with Gasteiger partial charge in [-0.2, -0.15) is 0 Å². The lowest BCUT2D eigenvalue weighted by Crippen LogP contribution is -1.91. The summed E-state index contributed by atoms with van der Waals surface area (Å²) >= 11 is 0. The molecule has 60 valence electrons. The first kappa shape index (κ1) is 9.72. The van der Waals surface area contributed by atoms with Crippen LogP contribution >= 0.6 is 0 Å². The van der Waals surface area contributed by atoms with Crippen LogP contribution in [0.15, 0.2) is 16.8 Å². The summed E-state index contributed by atoms with van der Waals surface area (Å²) < 4.78 is 0. The van der Waals surface area contributed by atoms with Crippen molar-refractivity contribution in [3.8, 4) is 0 Å². The van der Waals surface area contributed by atoms with E-state index < -0.39 is 0 Å². The molecule has 0 atom stereocenters. The Morgan fingerprint density at radius 3 is 2.73 bits per heavy atom. The summed E-state index contributed by atoms with van der Waals surface area (Å²) in [5, 5.41) is 3.33. The van der Waals surface area contributed by atoms with E-state index in [1.807, 2.05) is 0 Å². The first-order valence-electron chi connectivity index (χ1n) is 3.37. The van der Waals surface area contributed by atoms with Gasteiger partial charge in [-0.3, -0.25) is 4.79 Å². The van der Waals surface area contributed by atoms with Crippen LogP contribution in [-0.2, 0) is 4.79 Å². The molecular formula is C7H11N3O. The SMILES string of the molecule is CC(=O)C(C)=CCCN=[N+]=[N-]. The van der Waals surface area contributed by atoms with Gasteiger partial charge in [0.05, 0.1) is 0 Å². The molecule has 0 bridgehead atoms. The van der Waals surface area contributed by atoms with Crippen molar-refractivity contribution in [2.45, 2.75) is 20.3 Å². The van der Waals surface area contributed by atoms with Crippen molar-refractivity contribution in [2.24, 2.45) is 5.11 Å². The van der Waals surface area contributed by atoms with E-state index in [9.17, 15) is 4.79 Å². The van der Waals surface area contributed by atoms with Crippen LogP contribution in [0, 0.1) is 0 Å². The molecule has 0 saturated carbocycles. The van der Waals surface area contributed by atoms with E-state index in [-0.39, 0.29) is 5.78 Å². The molecule has 4 heteroatoms. The second-order valence-electron chi connectivity index (χ2n) is 2.19. The van der Waals surface area contributed by atoms with Gasteiger partial charge in [0.25, 0.3) is 0 Å². The number of ketones is 1. The van der Waals surface area contributed by atoms with Crippen LogP contribution in [0.3, 0.4) is 0 Å². The van der Waals surface area contributed by atoms with Gasteiger partial charge in [-0.15, -0.1) is 0 Å². The minimum Gasteiger partial charge on any atom is -0.295 e. The quantitative estimate of drug-likeness (QED) is 0.201. The van der Waals surface area contributed by atoms with Gasteiger partial charge in [0.1, 0.15) is 0 Å². The maximum Gasteiger partial charge on any atom is 0.155 e. The number of carbonyl (C=O) groups is 1. The van der Waals surface area contributed by atoms with E-state index in [0.717, 1.165) is 5.57 Å². The topological polar surface area (TPSA) is 65.8 Å². The van der Waals surface area contributed by atoms with Crippen LogP contribution in [0.25, 0.3) is 10.4 Å². The highest BCUT2D eigenvalue weighted by Crippen LogP contribution is 1.96. The second kappa shape index (κ2) is 5.50. The van der Waals surface area contributed by atoms with Crippen molar-refractivity contribution in [2.75, 3.05) is 6.54 Å². The summed E-state index contributed by atoms with van der Waals surface area (Å²) in [7, 11) is 0. The molecule has 0 radical (unpaired) electrons. The molecule has 0 rings (SSSR count). The maximum atomic E-state index is 10.6. The molecule has 0 amide bonds. The van der Waals surface area contributed by atoms with Gasteiger partial charge in [0, 0.05) is 11.5 Å². The molecule has 0 saturated heterocycles. The van der Waals surface area contributed by atoms with Crippen molar-refractivity contribution >= 4 is 5.78 Å². The number of carbonyl (C=O) groups excluding carboxylic acids is 1. The highest BCUT2D eigenvalue weighted by Gasteiger charge is 1.92. The maximum absolute atomic E-state index is 10.6. The summed E-state index contributed by atoms with van der Waals surface area (Å²) in [4.78, 5) is 13.2. The molecule has 0 aromatic rings. The number of allylic oxidation sites excluding steroid dienone is 1. The third-order valence-electron chi connectivity index (χ3n) is 1.30. The minimum atomic E-state index is 0.0611. The van der Waals surface area contributed by atoms with Crippen molar-refractivity contribution in [3.05, 3.63) is 22.1 Å². The van der Waals surface area contributed by atoms with Crippen LogP contribution in [-0.4, -0.2) is 12.3 Å². The smallest absolute Gasteiger partial charge is 0.155 e. The van der Waals surface area contributed by atoms with E-state index in [1.165, 1.54) is 6.92 Å². The second-order valence-corrected chi connectivity index (χ2v) is 2.19. The predicted molar refractivity (Wildman–Crippen MR) is 43.1 cm³/mol. The van der Waals surface area contributed by atoms with Crippen molar-refractivity contribution in [1.82, 2.24) is 0 Å². The fourth-order valence-electron chi connectivity index (χ4n) is 0.527. The molecule has 0 aliphatic heterocycles. The van der Waals surface area contributed by atoms with Crippen molar-refractivity contribution in [1.29, 1.82) is 0 Å². The zero-order valence-electron chi connectivity index (χ0n) is 6.74. The van der Waals surface area contributed by atoms with Gasteiger partial charge in [0.2, 0.25) is 0 Å². The molecule has 0 aromatic heterocycles. The van der Waals surface area contributed by atoms with Gasteiger partial charge in [0.15, 0.2) is 5.78 Å². The first-order valence-corrected chi connectivity index (χ1v) is 3.37. The molecule has 0 unspecified atom stereocenters. The standard InChI is InChI=1S/C7H11N3O/c1-6(7(2)11)4-3-5-9-10-8/h4H,3,5H2,1-2H3. The van der Waals surface area contributed by atoms with E-state index in [0.29, 0.717) is 13.0 Å². The lowest BCUT2D eigenvalue weighted by atomic mass is 10.2. The Bertz CT molecular complexity index is 214. The Morgan fingerprint density at radius 2 is 2.27 bits per heavy atom. The average Bonchev–Trinajstić information content (AvgIpc) is 1.97. The van der Waals surface area contributed by atoms with Gasteiger partial charge in [-0.25, -0.2) is 0 Å². The summed E-state index contributed by atoms with van der Waals surface area (Å²) in [6, 6.07) is 0. The van der Waals surface area contributed by atoms with E-state index in [1.54, 1.807) is 13.0 Å². The lowest BCUT2D eigenvalue weighted by molar-refractivity contribution is -0.113. The first-order chi connectivity index (χ1) is 5.18. The Balaban J connectivity index is 3.73. The zero-order chi connectivity index (χ0) is 8.69. The molecule has 0 aliphatic rings. The average molecular weight is 153 g/mol. The summed E-state index contributed by atoms with van der Waals surface area (Å²) in [6.45, 7) is 3.68. The van der Waals surface area contributed by atoms with Crippen LogP contribution < -0.4 is 0 Å². The summed E-state index contributed by atoms with van der Waals surface area (Å²) in [5.74, 6) is 0.0611. The van der Waals surface area contributed by atoms with E-state index in [2.05, 4.69) is 10.0 Å². The Kier molecular flexibility index (Phi) is 4.86. The van der Waals surface area contributed by atoms with Crippen LogP contribution in [0.5, 0.6) is 0 Å². The lowest BCUT2D eigenvalue weighted by Gasteiger charge is -1.91. The molecule has 0 aromatic carbocycles. The molecule has 0 heterocycles. The largest absolute Gasteiger partial charge is 0.295 e. The molecule has 0 spiro atoms. The monoisotopic (exact) mass is 153 g/mol. The number of hydrogen-bond acceptors (Lipinski definition) is 2. The van der Waals surface area contributed by atoms with Crippen LogP contribution in [0.4, 0.5) is 0 Å².